The number of hydrogen-bond acceptors (Lipinski definition) is 3. The number of hydrogen-bond donors (Lipinski definition) is 1. The lowest BCUT2D eigenvalue weighted by molar-refractivity contribution is 0.447. The Labute approximate surface area is 130 Å². The molecule has 3 rings (SSSR count). The van der Waals surface area contributed by atoms with E-state index < -0.39 is 0 Å². The van der Waals surface area contributed by atoms with Gasteiger partial charge in [0.25, 0.3) is 0 Å². The SMILES string of the molecule is Cc1ccc(CC(CN)n2cc(-c3ccccc3)nn2)cc1. The first-order valence-corrected chi connectivity index (χ1v) is 7.49. The lowest BCUT2D eigenvalue weighted by Crippen LogP contribution is -2.22. The van der Waals surface area contributed by atoms with Gasteiger partial charge in [0, 0.05) is 12.1 Å². The van der Waals surface area contributed by atoms with Crippen molar-refractivity contribution in [3.05, 3.63) is 71.9 Å². The average molecular weight is 292 g/mol. The molecular weight excluding hydrogens is 272 g/mol. The van der Waals surface area contributed by atoms with Crippen LogP contribution < -0.4 is 5.73 Å². The van der Waals surface area contributed by atoms with Gasteiger partial charge in [0.05, 0.1) is 12.2 Å². The summed E-state index contributed by atoms with van der Waals surface area (Å²) in [7, 11) is 0. The first-order chi connectivity index (χ1) is 10.8. The van der Waals surface area contributed by atoms with Crippen LogP contribution in [0.15, 0.2) is 60.8 Å². The number of nitrogens with zero attached hydrogens (tertiary/aromatic N) is 3. The Balaban J connectivity index is 1.79. The van der Waals surface area contributed by atoms with Crippen molar-refractivity contribution in [1.82, 2.24) is 15.0 Å². The van der Waals surface area contributed by atoms with Crippen LogP contribution in [0, 0.1) is 6.92 Å². The molecule has 2 N–H and O–H groups in total. The van der Waals surface area contributed by atoms with Gasteiger partial charge < -0.3 is 5.73 Å². The van der Waals surface area contributed by atoms with Gasteiger partial charge in [0.15, 0.2) is 0 Å². The summed E-state index contributed by atoms with van der Waals surface area (Å²) in [4.78, 5) is 0. The Morgan fingerprint density at radius 2 is 1.77 bits per heavy atom. The summed E-state index contributed by atoms with van der Waals surface area (Å²) in [5.74, 6) is 0. The lowest BCUT2D eigenvalue weighted by Gasteiger charge is -2.14. The summed E-state index contributed by atoms with van der Waals surface area (Å²) in [6, 6.07) is 18.7. The minimum Gasteiger partial charge on any atom is -0.328 e. The minimum atomic E-state index is 0.118. The highest BCUT2D eigenvalue weighted by molar-refractivity contribution is 5.57. The molecule has 1 aromatic heterocycles. The van der Waals surface area contributed by atoms with Crippen molar-refractivity contribution in [2.45, 2.75) is 19.4 Å². The predicted octanol–water partition coefficient (Wildman–Crippen LogP) is 3.00. The van der Waals surface area contributed by atoms with Crippen molar-refractivity contribution >= 4 is 0 Å². The van der Waals surface area contributed by atoms with Crippen LogP contribution in [0.5, 0.6) is 0 Å². The average Bonchev–Trinajstić information content (AvgIpc) is 3.05. The molecule has 2 aromatic carbocycles. The summed E-state index contributed by atoms with van der Waals surface area (Å²) in [6.07, 6.45) is 2.83. The van der Waals surface area contributed by atoms with E-state index in [4.69, 9.17) is 5.73 Å². The molecule has 0 radical (unpaired) electrons. The van der Waals surface area contributed by atoms with Crippen LogP contribution in [0.1, 0.15) is 17.2 Å². The van der Waals surface area contributed by atoms with Crippen LogP contribution >= 0.6 is 0 Å². The quantitative estimate of drug-likeness (QED) is 0.786. The number of benzene rings is 2. The Bertz CT molecular complexity index is 716. The van der Waals surface area contributed by atoms with Gasteiger partial charge in [0.1, 0.15) is 5.69 Å². The fourth-order valence-electron chi connectivity index (χ4n) is 2.48. The summed E-state index contributed by atoms with van der Waals surface area (Å²) in [5.41, 5.74) is 10.4. The molecule has 4 heteroatoms. The second kappa shape index (κ2) is 6.54. The van der Waals surface area contributed by atoms with E-state index in [0.29, 0.717) is 6.54 Å². The van der Waals surface area contributed by atoms with Crippen molar-refractivity contribution in [1.29, 1.82) is 0 Å². The molecule has 0 aliphatic rings. The van der Waals surface area contributed by atoms with E-state index in [1.807, 2.05) is 41.2 Å². The molecule has 1 atom stereocenters. The largest absolute Gasteiger partial charge is 0.328 e. The molecule has 0 aliphatic heterocycles. The first kappa shape index (κ1) is 14.5. The predicted molar refractivity (Wildman–Crippen MR) is 88.4 cm³/mol. The van der Waals surface area contributed by atoms with Gasteiger partial charge in [0.2, 0.25) is 0 Å². The zero-order valence-electron chi connectivity index (χ0n) is 12.7. The molecule has 0 amide bonds. The zero-order valence-corrected chi connectivity index (χ0v) is 12.7. The molecule has 0 aliphatic carbocycles. The van der Waals surface area contributed by atoms with Crippen LogP contribution in [-0.2, 0) is 6.42 Å². The number of nitrogens with two attached hydrogens (primary N) is 1. The van der Waals surface area contributed by atoms with Gasteiger partial charge in [-0.2, -0.15) is 0 Å². The number of aromatic nitrogens is 3. The molecule has 0 saturated carbocycles. The van der Waals surface area contributed by atoms with Gasteiger partial charge in [-0.3, -0.25) is 0 Å². The fourth-order valence-corrected chi connectivity index (χ4v) is 2.48. The molecule has 0 saturated heterocycles. The summed E-state index contributed by atoms with van der Waals surface area (Å²) in [5, 5.41) is 8.53. The molecule has 0 bridgehead atoms. The molecule has 1 heterocycles. The second-order valence-electron chi connectivity index (χ2n) is 5.53. The molecule has 1 unspecified atom stereocenters. The van der Waals surface area contributed by atoms with Crippen molar-refractivity contribution in [3.8, 4) is 11.3 Å². The van der Waals surface area contributed by atoms with Crippen LogP contribution in [0.2, 0.25) is 0 Å². The lowest BCUT2D eigenvalue weighted by atomic mass is 10.0. The van der Waals surface area contributed by atoms with Crippen molar-refractivity contribution < 1.29 is 0 Å². The van der Waals surface area contributed by atoms with E-state index in [-0.39, 0.29) is 6.04 Å². The highest BCUT2D eigenvalue weighted by Crippen LogP contribution is 2.19. The summed E-state index contributed by atoms with van der Waals surface area (Å²) >= 11 is 0. The van der Waals surface area contributed by atoms with Crippen LogP contribution in [0.4, 0.5) is 0 Å². The molecule has 22 heavy (non-hydrogen) atoms. The molecule has 4 nitrogen and oxygen atoms in total. The minimum absolute atomic E-state index is 0.118. The highest BCUT2D eigenvalue weighted by atomic mass is 15.4. The highest BCUT2D eigenvalue weighted by Gasteiger charge is 2.13. The topological polar surface area (TPSA) is 56.7 Å². The maximum Gasteiger partial charge on any atom is 0.113 e. The van der Waals surface area contributed by atoms with E-state index in [1.54, 1.807) is 0 Å². The molecule has 112 valence electrons. The normalized spacial score (nSPS) is 12.3. The monoisotopic (exact) mass is 292 g/mol. The number of aryl methyl sites for hydroxylation is 1. The maximum atomic E-state index is 5.94. The number of rotatable bonds is 5. The Morgan fingerprint density at radius 3 is 2.45 bits per heavy atom. The second-order valence-corrected chi connectivity index (χ2v) is 5.53. The third kappa shape index (κ3) is 3.23. The van der Waals surface area contributed by atoms with Gasteiger partial charge in [-0.25, -0.2) is 4.68 Å². The molecule has 0 fully saturated rings. The van der Waals surface area contributed by atoms with E-state index in [0.717, 1.165) is 17.7 Å². The van der Waals surface area contributed by atoms with E-state index in [2.05, 4.69) is 41.5 Å². The standard InChI is InChI=1S/C18H20N4/c1-14-7-9-15(10-8-14)11-17(12-19)22-13-18(20-21-22)16-5-3-2-4-6-16/h2-10,13,17H,11-12,19H2,1H3. The maximum absolute atomic E-state index is 5.94. The van der Waals surface area contributed by atoms with E-state index in [1.165, 1.54) is 11.1 Å². The van der Waals surface area contributed by atoms with Gasteiger partial charge in [-0.15, -0.1) is 5.10 Å². The fraction of sp³-hybridized carbons (Fsp3) is 0.222. The Morgan fingerprint density at radius 1 is 1.05 bits per heavy atom. The van der Waals surface area contributed by atoms with Gasteiger partial charge in [-0.05, 0) is 18.9 Å². The van der Waals surface area contributed by atoms with Crippen molar-refractivity contribution in [3.63, 3.8) is 0 Å². The summed E-state index contributed by atoms with van der Waals surface area (Å²) < 4.78 is 1.88. The smallest absolute Gasteiger partial charge is 0.113 e. The van der Waals surface area contributed by atoms with Crippen molar-refractivity contribution in [2.75, 3.05) is 6.54 Å². The van der Waals surface area contributed by atoms with E-state index in [9.17, 15) is 0 Å². The molecule has 0 spiro atoms. The van der Waals surface area contributed by atoms with E-state index >= 15 is 0 Å². The molecule has 3 aromatic rings. The van der Waals surface area contributed by atoms with Gasteiger partial charge >= 0.3 is 0 Å². The first-order valence-electron chi connectivity index (χ1n) is 7.49. The van der Waals surface area contributed by atoms with Gasteiger partial charge in [-0.1, -0.05) is 65.4 Å². The van der Waals surface area contributed by atoms with Crippen LogP contribution in [-0.4, -0.2) is 21.5 Å². The van der Waals surface area contributed by atoms with Crippen molar-refractivity contribution in [2.24, 2.45) is 5.73 Å². The Hall–Kier alpha value is -2.46. The summed E-state index contributed by atoms with van der Waals surface area (Å²) in [6.45, 7) is 2.62. The third-order valence-corrected chi connectivity index (χ3v) is 3.82. The van der Waals surface area contributed by atoms with Crippen LogP contribution in [0.25, 0.3) is 11.3 Å². The third-order valence-electron chi connectivity index (χ3n) is 3.82. The Kier molecular flexibility index (Phi) is 4.30. The zero-order chi connectivity index (χ0) is 15.4. The van der Waals surface area contributed by atoms with Crippen LogP contribution in [0.3, 0.4) is 0 Å². The molecular formula is C18H20N4.